The number of aryl methyl sites for hydroxylation is 1. The van der Waals surface area contributed by atoms with Gasteiger partial charge in [-0.1, -0.05) is 0 Å². The zero-order valence-corrected chi connectivity index (χ0v) is 9.50. The second kappa shape index (κ2) is 5.04. The maximum absolute atomic E-state index is 4.29. The molecule has 4 nitrogen and oxygen atoms in total. The molecule has 80 valence electrons. The van der Waals surface area contributed by atoms with Crippen molar-refractivity contribution in [3.63, 3.8) is 0 Å². The van der Waals surface area contributed by atoms with Gasteiger partial charge < -0.3 is 9.88 Å². The highest BCUT2D eigenvalue weighted by Crippen LogP contribution is 2.01. The fourth-order valence-electron chi connectivity index (χ4n) is 1.42. The number of nitrogens with one attached hydrogen (secondary N) is 1. The van der Waals surface area contributed by atoms with Crippen LogP contribution in [0, 0.1) is 0 Å². The van der Waals surface area contributed by atoms with E-state index >= 15 is 0 Å². The Morgan fingerprint density at radius 3 is 3.07 bits per heavy atom. The number of thiazole rings is 1. The van der Waals surface area contributed by atoms with Crippen LogP contribution in [0.2, 0.25) is 0 Å². The zero-order chi connectivity index (χ0) is 10.5. The second-order valence-electron chi connectivity index (χ2n) is 3.21. The van der Waals surface area contributed by atoms with Crippen LogP contribution in [0.1, 0.15) is 18.4 Å². The summed E-state index contributed by atoms with van der Waals surface area (Å²) in [6.45, 7) is 4.68. The molecule has 0 bridgehead atoms. The van der Waals surface area contributed by atoms with Crippen molar-refractivity contribution in [1.29, 1.82) is 0 Å². The maximum atomic E-state index is 4.29. The minimum absolute atomic E-state index is 0.790. The molecule has 0 aliphatic carbocycles. The van der Waals surface area contributed by atoms with E-state index in [2.05, 4.69) is 32.2 Å². The van der Waals surface area contributed by atoms with Crippen molar-refractivity contribution in [3.05, 3.63) is 34.8 Å². The van der Waals surface area contributed by atoms with Gasteiger partial charge in [-0.3, -0.25) is 0 Å². The van der Waals surface area contributed by atoms with Gasteiger partial charge in [-0.15, -0.1) is 11.3 Å². The molecule has 0 aliphatic heterocycles. The number of nitrogens with zero attached hydrogens (tertiary/aromatic N) is 3. The topological polar surface area (TPSA) is 42.7 Å². The SMILES string of the molecule is CCn1ccnc1CNCc1cscn1. The summed E-state index contributed by atoms with van der Waals surface area (Å²) in [5.41, 5.74) is 2.94. The van der Waals surface area contributed by atoms with Crippen LogP contribution in [-0.2, 0) is 19.6 Å². The summed E-state index contributed by atoms with van der Waals surface area (Å²) in [5.74, 6) is 1.08. The lowest BCUT2D eigenvalue weighted by Crippen LogP contribution is -2.16. The molecule has 15 heavy (non-hydrogen) atoms. The summed E-state index contributed by atoms with van der Waals surface area (Å²) in [7, 11) is 0. The molecule has 2 rings (SSSR count). The van der Waals surface area contributed by atoms with Crippen molar-refractivity contribution in [2.75, 3.05) is 0 Å². The van der Waals surface area contributed by atoms with Gasteiger partial charge in [-0.2, -0.15) is 0 Å². The van der Waals surface area contributed by atoms with E-state index in [1.54, 1.807) is 11.3 Å². The summed E-state index contributed by atoms with van der Waals surface area (Å²) in [4.78, 5) is 8.49. The van der Waals surface area contributed by atoms with Crippen LogP contribution >= 0.6 is 11.3 Å². The Bertz CT molecular complexity index is 393. The molecule has 0 saturated heterocycles. The third-order valence-electron chi connectivity index (χ3n) is 2.22. The quantitative estimate of drug-likeness (QED) is 0.836. The molecule has 0 aliphatic rings. The molecular weight excluding hydrogens is 208 g/mol. The molecule has 0 spiro atoms. The highest BCUT2D eigenvalue weighted by molar-refractivity contribution is 7.07. The van der Waals surface area contributed by atoms with E-state index in [-0.39, 0.29) is 0 Å². The van der Waals surface area contributed by atoms with Crippen LogP contribution in [0.4, 0.5) is 0 Å². The second-order valence-corrected chi connectivity index (χ2v) is 3.93. The summed E-state index contributed by atoms with van der Waals surface area (Å²) < 4.78 is 2.13. The minimum Gasteiger partial charge on any atom is -0.334 e. The first kappa shape index (κ1) is 10.3. The number of hydrogen-bond donors (Lipinski definition) is 1. The van der Waals surface area contributed by atoms with E-state index in [0.717, 1.165) is 31.2 Å². The number of rotatable bonds is 5. The molecule has 2 heterocycles. The average molecular weight is 222 g/mol. The lowest BCUT2D eigenvalue weighted by Gasteiger charge is -2.05. The maximum Gasteiger partial charge on any atom is 0.122 e. The molecule has 0 aromatic carbocycles. The predicted octanol–water partition coefficient (Wildman–Crippen LogP) is 1.65. The Morgan fingerprint density at radius 1 is 1.40 bits per heavy atom. The standard InChI is InChI=1S/C10H14N4S/c1-2-14-4-3-12-10(14)6-11-5-9-7-15-8-13-9/h3-4,7-8,11H,2,5-6H2,1H3. The molecule has 5 heteroatoms. The summed E-state index contributed by atoms with van der Waals surface area (Å²) in [5, 5.41) is 5.38. The van der Waals surface area contributed by atoms with Gasteiger partial charge in [0.25, 0.3) is 0 Å². The highest BCUT2D eigenvalue weighted by atomic mass is 32.1. The number of aromatic nitrogens is 3. The van der Waals surface area contributed by atoms with Gasteiger partial charge in [0.2, 0.25) is 0 Å². The van der Waals surface area contributed by atoms with Crippen molar-refractivity contribution in [3.8, 4) is 0 Å². The monoisotopic (exact) mass is 222 g/mol. The first-order chi connectivity index (χ1) is 7.40. The molecule has 0 fully saturated rings. The van der Waals surface area contributed by atoms with Crippen molar-refractivity contribution in [1.82, 2.24) is 19.9 Å². The summed E-state index contributed by atoms with van der Waals surface area (Å²) in [6.07, 6.45) is 3.84. The normalized spacial score (nSPS) is 10.7. The Morgan fingerprint density at radius 2 is 2.33 bits per heavy atom. The van der Waals surface area contributed by atoms with Gasteiger partial charge in [0, 0.05) is 30.9 Å². The Balaban J connectivity index is 1.83. The fraction of sp³-hybridized carbons (Fsp3) is 0.400. The largest absolute Gasteiger partial charge is 0.334 e. The van der Waals surface area contributed by atoms with Crippen LogP contribution in [0.25, 0.3) is 0 Å². The fourth-order valence-corrected chi connectivity index (χ4v) is 1.98. The van der Waals surface area contributed by atoms with Gasteiger partial charge in [-0.25, -0.2) is 9.97 Å². The first-order valence-corrected chi connectivity index (χ1v) is 5.92. The van der Waals surface area contributed by atoms with E-state index in [4.69, 9.17) is 0 Å². The first-order valence-electron chi connectivity index (χ1n) is 4.98. The number of hydrogen-bond acceptors (Lipinski definition) is 4. The Kier molecular flexibility index (Phi) is 3.47. The van der Waals surface area contributed by atoms with Crippen LogP contribution < -0.4 is 5.32 Å². The summed E-state index contributed by atoms with van der Waals surface area (Å²) in [6, 6.07) is 0. The molecule has 1 N–H and O–H groups in total. The van der Waals surface area contributed by atoms with E-state index in [1.165, 1.54) is 0 Å². The van der Waals surface area contributed by atoms with Gasteiger partial charge in [0.1, 0.15) is 5.82 Å². The molecule has 2 aromatic heterocycles. The van der Waals surface area contributed by atoms with Gasteiger partial charge in [0.15, 0.2) is 0 Å². The predicted molar refractivity (Wildman–Crippen MR) is 60.6 cm³/mol. The van der Waals surface area contributed by atoms with Crippen molar-refractivity contribution in [2.45, 2.75) is 26.6 Å². The van der Waals surface area contributed by atoms with Crippen LogP contribution in [0.3, 0.4) is 0 Å². The van der Waals surface area contributed by atoms with E-state index < -0.39 is 0 Å². The van der Waals surface area contributed by atoms with Crippen molar-refractivity contribution >= 4 is 11.3 Å². The van der Waals surface area contributed by atoms with E-state index in [9.17, 15) is 0 Å². The van der Waals surface area contributed by atoms with E-state index in [1.807, 2.05) is 17.9 Å². The third kappa shape index (κ3) is 2.64. The molecular formula is C10H14N4S. The number of imidazole rings is 1. The lowest BCUT2D eigenvalue weighted by atomic mass is 10.4. The Labute approximate surface area is 93.0 Å². The molecule has 0 saturated carbocycles. The molecule has 0 radical (unpaired) electrons. The zero-order valence-electron chi connectivity index (χ0n) is 8.68. The molecule has 0 unspecified atom stereocenters. The smallest absolute Gasteiger partial charge is 0.122 e. The van der Waals surface area contributed by atoms with Crippen molar-refractivity contribution < 1.29 is 0 Å². The van der Waals surface area contributed by atoms with E-state index in [0.29, 0.717) is 0 Å². The minimum atomic E-state index is 0.790. The Hall–Kier alpha value is -1.20. The summed E-state index contributed by atoms with van der Waals surface area (Å²) >= 11 is 1.62. The molecule has 2 aromatic rings. The van der Waals surface area contributed by atoms with Crippen LogP contribution in [0.15, 0.2) is 23.3 Å². The van der Waals surface area contributed by atoms with Crippen molar-refractivity contribution in [2.24, 2.45) is 0 Å². The molecule has 0 amide bonds. The highest BCUT2D eigenvalue weighted by Gasteiger charge is 2.00. The van der Waals surface area contributed by atoms with Gasteiger partial charge in [-0.05, 0) is 6.92 Å². The lowest BCUT2D eigenvalue weighted by molar-refractivity contribution is 0.608. The average Bonchev–Trinajstić information content (AvgIpc) is 2.88. The van der Waals surface area contributed by atoms with Gasteiger partial charge in [0.05, 0.1) is 17.7 Å². The third-order valence-corrected chi connectivity index (χ3v) is 2.85. The van der Waals surface area contributed by atoms with Crippen LogP contribution in [-0.4, -0.2) is 14.5 Å². The molecule has 0 atom stereocenters. The van der Waals surface area contributed by atoms with Gasteiger partial charge >= 0.3 is 0 Å². The van der Waals surface area contributed by atoms with Crippen LogP contribution in [0.5, 0.6) is 0 Å².